The minimum atomic E-state index is 0.751. The number of thioether (sulfide) groups is 1. The molecule has 5 aromatic rings. The van der Waals surface area contributed by atoms with E-state index >= 15 is 0 Å². The van der Waals surface area contributed by atoms with Gasteiger partial charge in [0.1, 0.15) is 0 Å². The third kappa shape index (κ3) is 8.24. The molecule has 214 valence electrons. The summed E-state index contributed by atoms with van der Waals surface area (Å²) < 4.78 is 2.43. The number of hydrogen-bond donors (Lipinski definition) is 0. The zero-order valence-electron chi connectivity index (χ0n) is 24.9. The summed E-state index contributed by atoms with van der Waals surface area (Å²) in [6.07, 6.45) is 10.2. The van der Waals surface area contributed by atoms with Crippen LogP contribution in [0.2, 0.25) is 0 Å². The summed E-state index contributed by atoms with van der Waals surface area (Å²) in [5.41, 5.74) is 10.1. The molecule has 0 radical (unpaired) electrons. The zero-order valence-corrected chi connectivity index (χ0v) is 25.7. The van der Waals surface area contributed by atoms with Gasteiger partial charge in [0.05, 0.1) is 17.2 Å². The fraction of sp³-hybridized carbons (Fsp3) is 0.158. The van der Waals surface area contributed by atoms with Crippen LogP contribution in [0.4, 0.5) is 0 Å². The van der Waals surface area contributed by atoms with Crippen molar-refractivity contribution in [2.45, 2.75) is 20.4 Å². The van der Waals surface area contributed by atoms with E-state index in [9.17, 15) is 0 Å². The monoisotopic (exact) mass is 582 g/mol. The Labute approximate surface area is 259 Å². The van der Waals surface area contributed by atoms with Crippen LogP contribution in [0.15, 0.2) is 145 Å². The predicted molar refractivity (Wildman–Crippen MR) is 181 cm³/mol. The fourth-order valence-corrected chi connectivity index (χ4v) is 5.76. The summed E-state index contributed by atoms with van der Waals surface area (Å²) in [5.74, 6) is 1.95. The third-order valence-corrected chi connectivity index (χ3v) is 8.05. The Bertz CT molecular complexity index is 1680. The number of allylic oxidation sites excluding steroid dienone is 4. The lowest BCUT2D eigenvalue weighted by Gasteiger charge is -2.10. The Hall–Kier alpha value is -4.61. The molecule has 0 amide bonds. The largest absolute Gasteiger partial charge is 0.284 e. The average molecular weight is 583 g/mol. The summed E-state index contributed by atoms with van der Waals surface area (Å²) in [5, 5.41) is 0. The van der Waals surface area contributed by atoms with E-state index in [2.05, 4.69) is 119 Å². The molecule has 0 bridgehead atoms. The van der Waals surface area contributed by atoms with Crippen molar-refractivity contribution in [1.29, 1.82) is 0 Å². The molecule has 0 aliphatic rings. The molecule has 0 unspecified atom stereocenters. The van der Waals surface area contributed by atoms with Crippen LogP contribution in [-0.4, -0.2) is 28.7 Å². The quantitative estimate of drug-likeness (QED) is 0.0655. The third-order valence-electron chi connectivity index (χ3n) is 7.11. The molecule has 0 saturated carbocycles. The van der Waals surface area contributed by atoms with Crippen LogP contribution in [0.25, 0.3) is 28.1 Å². The lowest BCUT2D eigenvalue weighted by atomic mass is 10.0. The first-order valence-electron chi connectivity index (χ1n) is 14.7. The maximum Gasteiger partial charge on any atom is 0.213 e. The van der Waals surface area contributed by atoms with Crippen LogP contribution in [0.1, 0.15) is 23.9 Å². The van der Waals surface area contributed by atoms with Crippen molar-refractivity contribution in [2.24, 2.45) is 4.99 Å². The Balaban J connectivity index is 1.31. The fourth-order valence-electron chi connectivity index (χ4n) is 5.02. The summed E-state index contributed by atoms with van der Waals surface area (Å²) in [4.78, 5) is 13.0. The molecule has 0 atom stereocenters. The molecular weight excluding hydrogens is 545 g/mol. The summed E-state index contributed by atoms with van der Waals surface area (Å²) >= 11 is 1.94. The van der Waals surface area contributed by atoms with Crippen molar-refractivity contribution in [3.63, 3.8) is 0 Å². The highest BCUT2D eigenvalue weighted by atomic mass is 32.2. The van der Waals surface area contributed by atoms with Crippen LogP contribution in [0.3, 0.4) is 0 Å². The molecule has 0 saturated heterocycles. The van der Waals surface area contributed by atoms with E-state index in [4.69, 9.17) is 4.99 Å². The van der Waals surface area contributed by atoms with Gasteiger partial charge in [-0.1, -0.05) is 66.7 Å². The van der Waals surface area contributed by atoms with Gasteiger partial charge in [0.15, 0.2) is 18.4 Å². The second-order valence-corrected chi connectivity index (χ2v) is 11.3. The van der Waals surface area contributed by atoms with Gasteiger partial charge in [0, 0.05) is 66.4 Å². The van der Waals surface area contributed by atoms with E-state index in [0.29, 0.717) is 0 Å². The van der Waals surface area contributed by atoms with Gasteiger partial charge in [0.2, 0.25) is 11.4 Å². The number of aromatic nitrogens is 3. The smallest absolute Gasteiger partial charge is 0.213 e. The topological polar surface area (TPSA) is 43.3 Å². The molecule has 0 spiro atoms. The van der Waals surface area contributed by atoms with Crippen molar-refractivity contribution in [2.75, 3.05) is 18.1 Å². The van der Waals surface area contributed by atoms with Gasteiger partial charge in [-0.3, -0.25) is 9.98 Å². The van der Waals surface area contributed by atoms with Gasteiger partial charge in [-0.2, -0.15) is 16.3 Å². The lowest BCUT2D eigenvalue weighted by Crippen LogP contribution is -2.40. The highest BCUT2D eigenvalue weighted by Crippen LogP contribution is 2.24. The minimum Gasteiger partial charge on any atom is -0.284 e. The van der Waals surface area contributed by atoms with E-state index in [1.807, 2.05) is 61.4 Å². The van der Waals surface area contributed by atoms with Crippen LogP contribution in [-0.2, 0) is 6.54 Å². The number of H-pyrrole nitrogens is 1. The van der Waals surface area contributed by atoms with Crippen LogP contribution < -0.4 is 9.55 Å². The summed E-state index contributed by atoms with van der Waals surface area (Å²) in [6.45, 7) is 5.91. The van der Waals surface area contributed by atoms with E-state index in [-0.39, 0.29) is 0 Å². The first-order chi connectivity index (χ1) is 21.2. The number of benzene rings is 2. The number of aromatic amines is 1. The number of aryl methyl sites for hydroxylation is 1. The highest BCUT2D eigenvalue weighted by molar-refractivity contribution is 7.99. The SMILES string of the molecule is C/C=C/C(=C\C(=NCCSCC[n+]1c(C)cc(-c2ccccn2)cc1-c1ccccc1)c1ccccc1)c1cccc[nH+]1. The van der Waals surface area contributed by atoms with Gasteiger partial charge in [-0.15, -0.1) is 0 Å². The summed E-state index contributed by atoms with van der Waals surface area (Å²) in [6, 6.07) is 37.8. The molecule has 3 heterocycles. The molecule has 43 heavy (non-hydrogen) atoms. The number of rotatable bonds is 12. The Morgan fingerprint density at radius 3 is 2.35 bits per heavy atom. The number of nitrogens with zero attached hydrogens (tertiary/aromatic N) is 3. The Kier molecular flexibility index (Phi) is 10.8. The first kappa shape index (κ1) is 29.9. The Morgan fingerprint density at radius 2 is 1.63 bits per heavy atom. The van der Waals surface area contributed by atoms with Crippen molar-refractivity contribution < 1.29 is 9.55 Å². The maximum atomic E-state index is 5.07. The normalized spacial score (nSPS) is 12.1. The van der Waals surface area contributed by atoms with E-state index < -0.39 is 0 Å². The lowest BCUT2D eigenvalue weighted by molar-refractivity contribution is -0.687. The zero-order chi connectivity index (χ0) is 29.7. The van der Waals surface area contributed by atoms with Gasteiger partial charge < -0.3 is 0 Å². The molecule has 5 heteroatoms. The number of nitrogens with one attached hydrogen (secondary N) is 1. The Morgan fingerprint density at radius 1 is 0.860 bits per heavy atom. The van der Waals surface area contributed by atoms with E-state index in [1.165, 1.54) is 17.0 Å². The van der Waals surface area contributed by atoms with Crippen LogP contribution >= 0.6 is 11.8 Å². The second kappa shape index (κ2) is 15.6. The first-order valence-corrected chi connectivity index (χ1v) is 15.9. The molecule has 4 nitrogen and oxygen atoms in total. The van der Waals surface area contributed by atoms with E-state index in [1.54, 1.807) is 0 Å². The molecule has 1 N–H and O–H groups in total. The van der Waals surface area contributed by atoms with Gasteiger partial charge in [-0.05, 0) is 48.9 Å². The van der Waals surface area contributed by atoms with Gasteiger partial charge >= 0.3 is 0 Å². The summed E-state index contributed by atoms with van der Waals surface area (Å²) in [7, 11) is 0. The molecule has 0 fully saturated rings. The number of hydrogen-bond acceptors (Lipinski definition) is 3. The average Bonchev–Trinajstić information content (AvgIpc) is 3.07. The van der Waals surface area contributed by atoms with Crippen LogP contribution in [0.5, 0.6) is 0 Å². The van der Waals surface area contributed by atoms with Crippen molar-refractivity contribution in [1.82, 2.24) is 4.98 Å². The molecule has 3 aromatic heterocycles. The van der Waals surface area contributed by atoms with Crippen molar-refractivity contribution in [3.05, 3.63) is 157 Å². The second-order valence-electron chi connectivity index (χ2n) is 10.1. The van der Waals surface area contributed by atoms with Gasteiger partial charge in [0.25, 0.3) is 0 Å². The van der Waals surface area contributed by atoms with E-state index in [0.717, 1.165) is 58.4 Å². The molecule has 2 aromatic carbocycles. The van der Waals surface area contributed by atoms with Crippen molar-refractivity contribution >= 4 is 23.0 Å². The van der Waals surface area contributed by atoms with Crippen LogP contribution in [0, 0.1) is 6.92 Å². The minimum absolute atomic E-state index is 0.751. The van der Waals surface area contributed by atoms with Crippen molar-refractivity contribution in [3.8, 4) is 22.5 Å². The standard InChI is InChI=1S/C38H37N4S/c1-3-14-33(35-19-10-12-21-39-35)28-37(31-15-6-4-7-16-31)41-23-25-43-26-24-42-30(2)27-34(36-20-11-13-22-40-36)29-38(42)32-17-8-5-9-18-32/h3-22,27-29H,23-26H2,1-2H3/q+1/p+1/b14-3+,33-28+,41-37?. The number of pyridine rings is 3. The number of aliphatic imine (C=N–C) groups is 1. The predicted octanol–water partition coefficient (Wildman–Crippen LogP) is 7.71. The molecule has 5 rings (SSSR count). The molecule has 0 aliphatic heterocycles. The molecular formula is C38H38N4S+2. The molecule has 0 aliphatic carbocycles. The van der Waals surface area contributed by atoms with Gasteiger partial charge in [-0.25, -0.2) is 4.98 Å². The highest BCUT2D eigenvalue weighted by Gasteiger charge is 2.19. The maximum absolute atomic E-state index is 5.07.